The summed E-state index contributed by atoms with van der Waals surface area (Å²) < 4.78 is 0. The average Bonchev–Trinajstić information content (AvgIpc) is 2.93. The Balaban J connectivity index is 1.66. The lowest BCUT2D eigenvalue weighted by Gasteiger charge is -2.32. The van der Waals surface area contributed by atoms with Gasteiger partial charge in [-0.05, 0) is 49.8 Å². The van der Waals surface area contributed by atoms with Gasteiger partial charge in [0.25, 0.3) is 0 Å². The number of carbonyl (C=O) groups is 2. The Kier molecular flexibility index (Phi) is 6.10. The highest BCUT2D eigenvalue weighted by Gasteiger charge is 2.45. The second-order valence-electron chi connectivity index (χ2n) is 7.33. The molecular formula is C19H24Cl2N2O3. The van der Waals surface area contributed by atoms with Gasteiger partial charge in [0, 0.05) is 16.1 Å². The Morgan fingerprint density at radius 1 is 1.31 bits per heavy atom. The molecule has 1 aromatic carbocycles. The number of likely N-dealkylation sites (tertiary alicyclic amines) is 1. The van der Waals surface area contributed by atoms with E-state index in [2.05, 4.69) is 5.32 Å². The zero-order chi connectivity index (χ0) is 18.8. The first kappa shape index (κ1) is 19.5. The number of halogens is 2. The molecule has 4 atom stereocenters. The minimum Gasteiger partial charge on any atom is -0.480 e. The lowest BCUT2D eigenvalue weighted by atomic mass is 9.85. The molecule has 0 radical (unpaired) electrons. The number of hydrogen-bond donors (Lipinski definition) is 2. The van der Waals surface area contributed by atoms with Gasteiger partial charge in [-0.3, -0.25) is 14.5 Å². The number of carbonyl (C=O) groups excluding carboxylic acids is 1. The second kappa shape index (κ2) is 8.15. The molecule has 1 heterocycles. The molecule has 1 saturated carbocycles. The standard InChI is InChI=1S/C19H24Cl2N2O3/c1-11(14-7-6-13(20)9-15(14)21)22-18(24)10-23-16-5-3-2-4-12(16)8-17(23)19(25)26/h6-7,9,11-12,16-17H,2-5,8,10H2,1H3,(H,22,24)(H,25,26). The third-order valence-corrected chi connectivity index (χ3v) is 6.20. The molecule has 26 heavy (non-hydrogen) atoms. The summed E-state index contributed by atoms with van der Waals surface area (Å²) in [4.78, 5) is 26.1. The molecule has 1 saturated heterocycles. The number of rotatable bonds is 5. The molecule has 2 fully saturated rings. The van der Waals surface area contributed by atoms with E-state index in [1.54, 1.807) is 18.2 Å². The van der Waals surface area contributed by atoms with Gasteiger partial charge in [0.05, 0.1) is 12.6 Å². The first-order valence-corrected chi connectivity index (χ1v) is 9.85. The summed E-state index contributed by atoms with van der Waals surface area (Å²) in [6.07, 6.45) is 4.93. The van der Waals surface area contributed by atoms with Crippen LogP contribution < -0.4 is 5.32 Å². The number of nitrogens with zero attached hydrogens (tertiary/aromatic N) is 1. The Morgan fingerprint density at radius 3 is 2.73 bits per heavy atom. The van der Waals surface area contributed by atoms with Crippen molar-refractivity contribution in [3.8, 4) is 0 Å². The number of carboxylic acid groups (broad SMARTS) is 1. The quantitative estimate of drug-likeness (QED) is 0.788. The third-order valence-electron chi connectivity index (χ3n) is 5.64. The summed E-state index contributed by atoms with van der Waals surface area (Å²) in [7, 11) is 0. The first-order chi connectivity index (χ1) is 12.4. The van der Waals surface area contributed by atoms with E-state index < -0.39 is 12.0 Å². The van der Waals surface area contributed by atoms with Crippen molar-refractivity contribution < 1.29 is 14.7 Å². The number of benzene rings is 1. The predicted molar refractivity (Wildman–Crippen MR) is 102 cm³/mol. The maximum absolute atomic E-state index is 12.6. The van der Waals surface area contributed by atoms with Crippen LogP contribution in [-0.4, -0.2) is 40.5 Å². The number of nitrogens with one attached hydrogen (secondary N) is 1. The Morgan fingerprint density at radius 2 is 2.04 bits per heavy atom. The molecule has 1 amide bonds. The van der Waals surface area contributed by atoms with E-state index in [0.29, 0.717) is 22.4 Å². The van der Waals surface area contributed by atoms with E-state index in [9.17, 15) is 14.7 Å². The Bertz CT molecular complexity index is 697. The Hall–Kier alpha value is -1.30. The third kappa shape index (κ3) is 4.16. The van der Waals surface area contributed by atoms with E-state index >= 15 is 0 Å². The molecule has 0 bridgehead atoms. The van der Waals surface area contributed by atoms with E-state index in [4.69, 9.17) is 23.2 Å². The molecule has 0 aromatic heterocycles. The molecule has 0 spiro atoms. The van der Waals surface area contributed by atoms with Crippen molar-refractivity contribution in [3.05, 3.63) is 33.8 Å². The summed E-state index contributed by atoms with van der Waals surface area (Å²) in [6, 6.07) is 4.53. The van der Waals surface area contributed by atoms with Gasteiger partial charge in [-0.2, -0.15) is 0 Å². The summed E-state index contributed by atoms with van der Waals surface area (Å²) in [6.45, 7) is 1.96. The molecule has 7 heteroatoms. The normalized spacial score (nSPS) is 27.0. The highest BCUT2D eigenvalue weighted by Crippen LogP contribution is 2.39. The van der Waals surface area contributed by atoms with Crippen molar-refractivity contribution in [1.82, 2.24) is 10.2 Å². The van der Waals surface area contributed by atoms with Gasteiger partial charge in [0.15, 0.2) is 0 Å². The van der Waals surface area contributed by atoms with Crippen LogP contribution >= 0.6 is 23.2 Å². The SMILES string of the molecule is CC(NC(=O)CN1C(C(=O)O)CC2CCCCC21)c1ccc(Cl)cc1Cl. The average molecular weight is 399 g/mol. The lowest BCUT2D eigenvalue weighted by molar-refractivity contribution is -0.143. The monoisotopic (exact) mass is 398 g/mol. The van der Waals surface area contributed by atoms with Gasteiger partial charge < -0.3 is 10.4 Å². The van der Waals surface area contributed by atoms with E-state index in [0.717, 1.165) is 31.2 Å². The maximum atomic E-state index is 12.6. The van der Waals surface area contributed by atoms with Gasteiger partial charge in [-0.25, -0.2) is 0 Å². The predicted octanol–water partition coefficient (Wildman–Crippen LogP) is 3.89. The number of hydrogen-bond acceptors (Lipinski definition) is 3. The van der Waals surface area contributed by atoms with Gasteiger partial charge in [0.1, 0.15) is 6.04 Å². The minimum absolute atomic E-state index is 0.105. The van der Waals surface area contributed by atoms with Gasteiger partial charge in [-0.15, -0.1) is 0 Å². The molecule has 142 valence electrons. The maximum Gasteiger partial charge on any atom is 0.320 e. The molecule has 5 nitrogen and oxygen atoms in total. The van der Waals surface area contributed by atoms with E-state index in [1.807, 2.05) is 11.8 Å². The van der Waals surface area contributed by atoms with E-state index in [1.165, 1.54) is 0 Å². The van der Waals surface area contributed by atoms with Crippen LogP contribution in [0.1, 0.15) is 50.6 Å². The van der Waals surface area contributed by atoms with Crippen LogP contribution in [0.25, 0.3) is 0 Å². The van der Waals surface area contributed by atoms with Crippen molar-refractivity contribution in [1.29, 1.82) is 0 Å². The first-order valence-electron chi connectivity index (χ1n) is 9.09. The fourth-order valence-electron chi connectivity index (χ4n) is 4.41. The smallest absolute Gasteiger partial charge is 0.320 e. The molecule has 4 unspecified atom stereocenters. The van der Waals surface area contributed by atoms with Crippen LogP contribution in [-0.2, 0) is 9.59 Å². The van der Waals surface area contributed by atoms with Crippen LogP contribution in [0.5, 0.6) is 0 Å². The highest BCUT2D eigenvalue weighted by molar-refractivity contribution is 6.35. The van der Waals surface area contributed by atoms with Gasteiger partial charge in [0.2, 0.25) is 5.91 Å². The second-order valence-corrected chi connectivity index (χ2v) is 8.17. The van der Waals surface area contributed by atoms with Gasteiger partial charge in [-0.1, -0.05) is 42.1 Å². The molecule has 1 aromatic rings. The minimum atomic E-state index is -0.832. The molecule has 1 aliphatic heterocycles. The van der Waals surface area contributed by atoms with Crippen LogP contribution in [0.2, 0.25) is 10.0 Å². The summed E-state index contributed by atoms with van der Waals surface area (Å²) >= 11 is 12.1. The van der Waals surface area contributed by atoms with Crippen molar-refractivity contribution >= 4 is 35.1 Å². The van der Waals surface area contributed by atoms with Crippen molar-refractivity contribution in [2.75, 3.05) is 6.54 Å². The molecule has 3 rings (SSSR count). The molecule has 2 N–H and O–H groups in total. The summed E-state index contributed by atoms with van der Waals surface area (Å²) in [5.41, 5.74) is 0.788. The van der Waals surface area contributed by atoms with E-state index in [-0.39, 0.29) is 24.5 Å². The van der Waals surface area contributed by atoms with Gasteiger partial charge >= 0.3 is 5.97 Å². The number of aliphatic carboxylic acids is 1. The van der Waals surface area contributed by atoms with Crippen LogP contribution in [0.4, 0.5) is 0 Å². The number of amides is 1. The molecule has 1 aliphatic carbocycles. The number of carboxylic acids is 1. The highest BCUT2D eigenvalue weighted by atomic mass is 35.5. The zero-order valence-corrected chi connectivity index (χ0v) is 16.3. The van der Waals surface area contributed by atoms with Crippen LogP contribution in [0, 0.1) is 5.92 Å². The van der Waals surface area contributed by atoms with Crippen molar-refractivity contribution in [3.63, 3.8) is 0 Å². The Labute approximate surface area is 163 Å². The van der Waals surface area contributed by atoms with Crippen molar-refractivity contribution in [2.45, 2.75) is 57.2 Å². The topological polar surface area (TPSA) is 69.6 Å². The lowest BCUT2D eigenvalue weighted by Crippen LogP contribution is -2.47. The summed E-state index contributed by atoms with van der Waals surface area (Å²) in [5, 5.41) is 13.5. The van der Waals surface area contributed by atoms with Crippen molar-refractivity contribution in [2.24, 2.45) is 5.92 Å². The fourth-order valence-corrected chi connectivity index (χ4v) is 4.98. The fraction of sp³-hybridized carbons (Fsp3) is 0.579. The largest absolute Gasteiger partial charge is 0.480 e. The molecule has 2 aliphatic rings. The zero-order valence-electron chi connectivity index (χ0n) is 14.8. The van der Waals surface area contributed by atoms with Crippen LogP contribution in [0.3, 0.4) is 0 Å². The van der Waals surface area contributed by atoms with Crippen LogP contribution in [0.15, 0.2) is 18.2 Å². The number of fused-ring (bicyclic) bond motifs is 1. The summed E-state index contributed by atoms with van der Waals surface area (Å²) in [5.74, 6) is -0.622. The molecular weight excluding hydrogens is 375 g/mol.